The lowest BCUT2D eigenvalue weighted by atomic mass is 10.1. The summed E-state index contributed by atoms with van der Waals surface area (Å²) in [6, 6.07) is 3.94. The topological polar surface area (TPSA) is 20.2 Å². The van der Waals surface area contributed by atoms with Gasteiger partial charge in [0, 0.05) is 5.56 Å². The maximum atomic E-state index is 12.1. The van der Waals surface area contributed by atoms with Crippen molar-refractivity contribution in [2.45, 2.75) is 41.0 Å². The van der Waals surface area contributed by atoms with Gasteiger partial charge < -0.3 is 5.11 Å². The zero-order valence-electron chi connectivity index (χ0n) is 10.0. The van der Waals surface area contributed by atoms with E-state index < -0.39 is 6.43 Å². The molecule has 0 saturated carbocycles. The van der Waals surface area contributed by atoms with E-state index in [1.54, 1.807) is 6.92 Å². The molecule has 0 heterocycles. The van der Waals surface area contributed by atoms with Crippen LogP contribution in [-0.4, -0.2) is 5.11 Å². The van der Waals surface area contributed by atoms with Crippen LogP contribution in [0.4, 0.5) is 8.78 Å². The number of hydrogen-bond acceptors (Lipinski definition) is 1. The molecule has 0 aliphatic carbocycles. The fourth-order valence-corrected chi connectivity index (χ4v) is 0.863. The van der Waals surface area contributed by atoms with Gasteiger partial charge in [-0.2, -0.15) is 0 Å². The van der Waals surface area contributed by atoms with Crippen LogP contribution in [0.1, 0.15) is 45.2 Å². The van der Waals surface area contributed by atoms with E-state index in [4.69, 9.17) is 5.11 Å². The molecule has 0 bridgehead atoms. The van der Waals surface area contributed by atoms with Crippen LogP contribution < -0.4 is 0 Å². The number of rotatable bonds is 1. The maximum absolute atomic E-state index is 12.1. The smallest absolute Gasteiger partial charge is 0.264 e. The minimum absolute atomic E-state index is 0.106. The van der Waals surface area contributed by atoms with Crippen molar-refractivity contribution >= 4 is 0 Å². The second-order valence-corrected chi connectivity index (χ2v) is 2.34. The molecule has 0 fully saturated rings. The van der Waals surface area contributed by atoms with Crippen molar-refractivity contribution in [3.05, 3.63) is 29.3 Å². The number of phenols is 1. The van der Waals surface area contributed by atoms with Crippen LogP contribution in [-0.2, 0) is 0 Å². The lowest BCUT2D eigenvalue weighted by Gasteiger charge is -2.03. The summed E-state index contributed by atoms with van der Waals surface area (Å²) in [5.41, 5.74) is 0.391. The third-order valence-electron chi connectivity index (χ3n) is 1.50. The Hall–Kier alpha value is -1.12. The second kappa shape index (κ2) is 9.44. The second-order valence-electron chi connectivity index (χ2n) is 2.34. The fourth-order valence-electron chi connectivity index (χ4n) is 0.863. The standard InChI is InChI=1S/C8H8F2O.2C2H6/c1-5-2-3-6(11)4-7(5)8(9)10;2*1-2/h2-4,8,11H,1H3;2*1-2H3. The molecule has 1 N–H and O–H groups in total. The van der Waals surface area contributed by atoms with Crippen LogP contribution in [0.5, 0.6) is 5.75 Å². The third-order valence-corrected chi connectivity index (χ3v) is 1.50. The highest BCUT2D eigenvalue weighted by molar-refractivity contribution is 5.34. The molecular formula is C12H20F2O. The van der Waals surface area contributed by atoms with E-state index in [-0.39, 0.29) is 11.3 Å². The summed E-state index contributed by atoms with van der Waals surface area (Å²) in [5, 5.41) is 8.85. The van der Waals surface area contributed by atoms with Crippen molar-refractivity contribution in [1.82, 2.24) is 0 Å². The Morgan fingerprint density at radius 3 is 1.87 bits per heavy atom. The number of aromatic hydroxyl groups is 1. The van der Waals surface area contributed by atoms with Crippen LogP contribution in [0.15, 0.2) is 18.2 Å². The average molecular weight is 218 g/mol. The Morgan fingerprint density at radius 2 is 1.53 bits per heavy atom. The number of phenolic OH excluding ortho intramolecular Hbond substituents is 1. The molecule has 0 spiro atoms. The van der Waals surface area contributed by atoms with Gasteiger partial charge in [0.05, 0.1) is 0 Å². The molecule has 1 rings (SSSR count). The quantitative estimate of drug-likeness (QED) is 0.725. The molecule has 0 amide bonds. The van der Waals surface area contributed by atoms with Crippen molar-refractivity contribution in [2.24, 2.45) is 0 Å². The minimum atomic E-state index is -2.51. The molecule has 0 aromatic heterocycles. The number of benzene rings is 1. The zero-order chi connectivity index (χ0) is 12.4. The van der Waals surface area contributed by atoms with Gasteiger partial charge in [0.2, 0.25) is 0 Å². The van der Waals surface area contributed by atoms with Crippen molar-refractivity contribution in [1.29, 1.82) is 0 Å². The Kier molecular flexibility index (Phi) is 10.3. The van der Waals surface area contributed by atoms with E-state index in [1.165, 1.54) is 12.1 Å². The summed E-state index contributed by atoms with van der Waals surface area (Å²) in [6.45, 7) is 9.58. The molecule has 1 aromatic rings. The summed E-state index contributed by atoms with van der Waals surface area (Å²) >= 11 is 0. The molecule has 0 atom stereocenters. The lowest BCUT2D eigenvalue weighted by Crippen LogP contribution is -1.87. The summed E-state index contributed by atoms with van der Waals surface area (Å²) < 4.78 is 24.2. The first-order chi connectivity index (χ1) is 7.11. The molecule has 0 unspecified atom stereocenters. The monoisotopic (exact) mass is 218 g/mol. The van der Waals surface area contributed by atoms with Crippen molar-refractivity contribution in [3.8, 4) is 5.75 Å². The summed E-state index contributed by atoms with van der Waals surface area (Å²) in [7, 11) is 0. The molecular weight excluding hydrogens is 198 g/mol. The molecule has 0 aliphatic rings. The highest BCUT2D eigenvalue weighted by atomic mass is 19.3. The third kappa shape index (κ3) is 6.05. The van der Waals surface area contributed by atoms with E-state index in [0.29, 0.717) is 5.56 Å². The van der Waals surface area contributed by atoms with E-state index in [9.17, 15) is 8.78 Å². The average Bonchev–Trinajstić information content (AvgIpc) is 2.27. The summed E-state index contributed by atoms with van der Waals surface area (Å²) in [6.07, 6.45) is -2.51. The highest BCUT2D eigenvalue weighted by Crippen LogP contribution is 2.25. The predicted molar refractivity (Wildman–Crippen MR) is 60.5 cm³/mol. The van der Waals surface area contributed by atoms with Crippen LogP contribution in [0.25, 0.3) is 0 Å². The van der Waals surface area contributed by atoms with Gasteiger partial charge in [0.25, 0.3) is 6.43 Å². The summed E-state index contributed by atoms with van der Waals surface area (Å²) in [4.78, 5) is 0. The number of aryl methyl sites for hydroxylation is 1. The van der Waals surface area contributed by atoms with Crippen molar-refractivity contribution in [2.75, 3.05) is 0 Å². The zero-order valence-corrected chi connectivity index (χ0v) is 10.0. The first-order valence-electron chi connectivity index (χ1n) is 5.19. The lowest BCUT2D eigenvalue weighted by molar-refractivity contribution is 0.150. The molecule has 15 heavy (non-hydrogen) atoms. The maximum Gasteiger partial charge on any atom is 0.264 e. The molecule has 88 valence electrons. The largest absolute Gasteiger partial charge is 0.508 e. The van der Waals surface area contributed by atoms with Crippen LogP contribution in [0, 0.1) is 6.92 Å². The van der Waals surface area contributed by atoms with Gasteiger partial charge in [-0.05, 0) is 24.6 Å². The molecule has 0 radical (unpaired) electrons. The van der Waals surface area contributed by atoms with Gasteiger partial charge in [-0.15, -0.1) is 0 Å². The van der Waals surface area contributed by atoms with E-state index in [1.807, 2.05) is 27.7 Å². The highest BCUT2D eigenvalue weighted by Gasteiger charge is 2.10. The van der Waals surface area contributed by atoms with Gasteiger partial charge in [0.1, 0.15) is 5.75 Å². The Bertz CT molecular complexity index is 260. The number of hydrogen-bond donors (Lipinski definition) is 1. The Labute approximate surface area is 90.8 Å². The van der Waals surface area contributed by atoms with Crippen molar-refractivity contribution < 1.29 is 13.9 Å². The van der Waals surface area contributed by atoms with Gasteiger partial charge in [-0.3, -0.25) is 0 Å². The van der Waals surface area contributed by atoms with Gasteiger partial charge in [0.15, 0.2) is 0 Å². The van der Waals surface area contributed by atoms with Crippen molar-refractivity contribution in [3.63, 3.8) is 0 Å². The minimum Gasteiger partial charge on any atom is -0.508 e. The van der Waals surface area contributed by atoms with Crippen LogP contribution in [0.3, 0.4) is 0 Å². The van der Waals surface area contributed by atoms with Gasteiger partial charge in [-0.25, -0.2) is 8.78 Å². The van der Waals surface area contributed by atoms with E-state index in [2.05, 4.69) is 0 Å². The molecule has 3 heteroatoms. The van der Waals surface area contributed by atoms with Crippen LogP contribution >= 0.6 is 0 Å². The Balaban J connectivity index is 0. The normalized spacial score (nSPS) is 8.53. The molecule has 0 aliphatic heterocycles. The Morgan fingerprint density at radius 1 is 1.07 bits per heavy atom. The SMILES string of the molecule is CC.CC.Cc1ccc(O)cc1C(F)F. The summed E-state index contributed by atoms with van der Waals surface area (Å²) in [5.74, 6) is -0.120. The van der Waals surface area contributed by atoms with E-state index >= 15 is 0 Å². The number of halogens is 2. The fraction of sp³-hybridized carbons (Fsp3) is 0.500. The van der Waals surface area contributed by atoms with Gasteiger partial charge in [-0.1, -0.05) is 33.8 Å². The molecule has 0 saturated heterocycles. The molecule has 1 nitrogen and oxygen atoms in total. The first kappa shape index (κ1) is 16.3. The van der Waals surface area contributed by atoms with E-state index in [0.717, 1.165) is 6.07 Å². The van der Waals surface area contributed by atoms with Gasteiger partial charge >= 0.3 is 0 Å². The predicted octanol–water partition coefficient (Wildman–Crippen LogP) is 4.69. The molecule has 1 aromatic carbocycles. The number of alkyl halides is 2. The first-order valence-corrected chi connectivity index (χ1v) is 5.19. The van der Waals surface area contributed by atoms with Crippen LogP contribution in [0.2, 0.25) is 0 Å².